The zero-order chi connectivity index (χ0) is 14.5. The molecular weight excluding hydrogens is 299 g/mol. The molecule has 0 aliphatic rings. The lowest BCUT2D eigenvalue weighted by Crippen LogP contribution is -2.12. The molecule has 1 N–H and O–H groups in total. The summed E-state index contributed by atoms with van der Waals surface area (Å²) in [5.41, 5.74) is 0. The van der Waals surface area contributed by atoms with Gasteiger partial charge in [0.15, 0.2) is 0 Å². The first-order chi connectivity index (χ1) is 9.52. The van der Waals surface area contributed by atoms with E-state index in [0.29, 0.717) is 27.3 Å². The molecule has 0 aliphatic heterocycles. The smallest absolute Gasteiger partial charge is 0.130 e. The van der Waals surface area contributed by atoms with Gasteiger partial charge in [-0.1, -0.05) is 23.2 Å². The fourth-order valence-electron chi connectivity index (χ4n) is 1.54. The largest absolute Gasteiger partial charge is 0.491 e. The lowest BCUT2D eigenvalue weighted by molar-refractivity contribution is 0.122. The van der Waals surface area contributed by atoms with Crippen molar-refractivity contribution >= 4 is 23.2 Å². The van der Waals surface area contributed by atoms with Crippen molar-refractivity contribution in [3.63, 3.8) is 0 Å². The molecule has 0 bridgehead atoms. The number of aliphatic hydroxyl groups excluding tert-OH is 1. The van der Waals surface area contributed by atoms with Gasteiger partial charge in [0.05, 0.1) is 6.10 Å². The number of hydrogen-bond acceptors (Lipinski definition) is 3. The van der Waals surface area contributed by atoms with E-state index in [9.17, 15) is 0 Å². The van der Waals surface area contributed by atoms with E-state index < -0.39 is 6.10 Å². The quantitative estimate of drug-likeness (QED) is 0.880. The standard InChI is InChI=1S/C15H14Cl2O3/c1-10(18)9-19-13-2-4-14(5-3-13)20-15-7-11(16)6-12(17)8-15/h2-8,10,18H,9H2,1H3. The Labute approximate surface area is 127 Å². The molecule has 0 amide bonds. The van der Waals surface area contributed by atoms with Crippen molar-refractivity contribution in [3.05, 3.63) is 52.5 Å². The molecule has 0 saturated carbocycles. The van der Waals surface area contributed by atoms with Crippen LogP contribution >= 0.6 is 23.2 Å². The van der Waals surface area contributed by atoms with Gasteiger partial charge in [0.2, 0.25) is 0 Å². The van der Waals surface area contributed by atoms with Crippen LogP contribution in [0.4, 0.5) is 0 Å². The number of hydrogen-bond donors (Lipinski definition) is 1. The highest BCUT2D eigenvalue weighted by molar-refractivity contribution is 6.34. The molecule has 0 fully saturated rings. The van der Waals surface area contributed by atoms with Gasteiger partial charge in [-0.05, 0) is 49.4 Å². The normalized spacial score (nSPS) is 12.0. The Morgan fingerprint density at radius 1 is 0.950 bits per heavy atom. The van der Waals surface area contributed by atoms with Crippen LogP contribution in [0.1, 0.15) is 6.92 Å². The minimum atomic E-state index is -0.500. The van der Waals surface area contributed by atoms with Crippen molar-refractivity contribution in [2.24, 2.45) is 0 Å². The molecule has 1 atom stereocenters. The number of rotatable bonds is 5. The maximum Gasteiger partial charge on any atom is 0.130 e. The maximum atomic E-state index is 9.14. The van der Waals surface area contributed by atoms with Crippen LogP contribution in [0.25, 0.3) is 0 Å². The van der Waals surface area contributed by atoms with Gasteiger partial charge >= 0.3 is 0 Å². The summed E-state index contributed by atoms with van der Waals surface area (Å²) in [6.07, 6.45) is -0.500. The molecule has 3 nitrogen and oxygen atoms in total. The summed E-state index contributed by atoms with van der Waals surface area (Å²) in [7, 11) is 0. The van der Waals surface area contributed by atoms with Gasteiger partial charge in [-0.2, -0.15) is 0 Å². The molecule has 0 spiro atoms. The second kappa shape index (κ2) is 6.84. The molecule has 2 rings (SSSR count). The van der Waals surface area contributed by atoms with Crippen LogP contribution < -0.4 is 9.47 Å². The minimum Gasteiger partial charge on any atom is -0.491 e. The Hall–Kier alpha value is -1.42. The third kappa shape index (κ3) is 4.60. The summed E-state index contributed by atoms with van der Waals surface area (Å²) in [4.78, 5) is 0. The van der Waals surface area contributed by atoms with Crippen LogP contribution in [0.5, 0.6) is 17.2 Å². The zero-order valence-corrected chi connectivity index (χ0v) is 12.4. The van der Waals surface area contributed by atoms with Crippen molar-refractivity contribution in [3.8, 4) is 17.2 Å². The van der Waals surface area contributed by atoms with Crippen molar-refractivity contribution < 1.29 is 14.6 Å². The molecule has 20 heavy (non-hydrogen) atoms. The topological polar surface area (TPSA) is 38.7 Å². The average molecular weight is 313 g/mol. The summed E-state index contributed by atoms with van der Waals surface area (Å²) in [6, 6.07) is 12.1. The number of ether oxygens (including phenoxy) is 2. The van der Waals surface area contributed by atoms with E-state index in [-0.39, 0.29) is 6.61 Å². The maximum absolute atomic E-state index is 9.14. The fourth-order valence-corrected chi connectivity index (χ4v) is 2.05. The predicted octanol–water partition coefficient (Wildman–Crippen LogP) is 4.55. The lowest BCUT2D eigenvalue weighted by Gasteiger charge is -2.10. The molecular formula is C15H14Cl2O3. The van der Waals surface area contributed by atoms with E-state index in [4.69, 9.17) is 37.8 Å². The molecule has 0 radical (unpaired) electrons. The van der Waals surface area contributed by atoms with Gasteiger partial charge in [0, 0.05) is 10.0 Å². The van der Waals surface area contributed by atoms with Crippen LogP contribution in [0.2, 0.25) is 10.0 Å². The first-order valence-electron chi connectivity index (χ1n) is 6.08. The zero-order valence-electron chi connectivity index (χ0n) is 10.8. The number of benzene rings is 2. The van der Waals surface area contributed by atoms with E-state index in [1.165, 1.54) is 0 Å². The van der Waals surface area contributed by atoms with Gasteiger partial charge in [-0.15, -0.1) is 0 Å². The van der Waals surface area contributed by atoms with E-state index >= 15 is 0 Å². The van der Waals surface area contributed by atoms with Gasteiger partial charge in [0.1, 0.15) is 23.9 Å². The Morgan fingerprint density at radius 2 is 1.50 bits per heavy atom. The first-order valence-corrected chi connectivity index (χ1v) is 6.83. The second-order valence-electron chi connectivity index (χ2n) is 4.34. The summed E-state index contributed by atoms with van der Waals surface area (Å²) in [5.74, 6) is 1.88. The highest BCUT2D eigenvalue weighted by atomic mass is 35.5. The molecule has 5 heteroatoms. The molecule has 1 unspecified atom stereocenters. The Kier molecular flexibility index (Phi) is 5.12. The minimum absolute atomic E-state index is 0.254. The summed E-state index contributed by atoms with van der Waals surface area (Å²) < 4.78 is 11.0. The summed E-state index contributed by atoms with van der Waals surface area (Å²) in [5, 5.41) is 10.2. The van der Waals surface area contributed by atoms with E-state index in [0.717, 1.165) is 0 Å². The second-order valence-corrected chi connectivity index (χ2v) is 5.21. The molecule has 0 aromatic heterocycles. The number of aliphatic hydroxyl groups is 1. The number of halogens is 2. The van der Waals surface area contributed by atoms with Crippen LogP contribution in [-0.2, 0) is 0 Å². The van der Waals surface area contributed by atoms with Crippen molar-refractivity contribution in [2.75, 3.05) is 6.61 Å². The predicted molar refractivity (Wildman–Crippen MR) is 80.2 cm³/mol. The molecule has 0 heterocycles. The van der Waals surface area contributed by atoms with E-state index in [1.54, 1.807) is 49.4 Å². The molecule has 2 aromatic rings. The molecule has 2 aromatic carbocycles. The molecule has 0 saturated heterocycles. The Balaban J connectivity index is 2.03. The fraction of sp³-hybridized carbons (Fsp3) is 0.200. The lowest BCUT2D eigenvalue weighted by atomic mass is 10.3. The molecule has 106 valence electrons. The van der Waals surface area contributed by atoms with Gasteiger partial charge < -0.3 is 14.6 Å². The highest BCUT2D eigenvalue weighted by Crippen LogP contribution is 2.29. The Morgan fingerprint density at radius 3 is 2.05 bits per heavy atom. The van der Waals surface area contributed by atoms with Gasteiger partial charge in [-0.3, -0.25) is 0 Å². The van der Waals surface area contributed by atoms with Crippen LogP contribution in [0.3, 0.4) is 0 Å². The van der Waals surface area contributed by atoms with Gasteiger partial charge in [-0.25, -0.2) is 0 Å². The summed E-state index contributed by atoms with van der Waals surface area (Å²) in [6.45, 7) is 1.92. The third-order valence-electron chi connectivity index (χ3n) is 2.39. The van der Waals surface area contributed by atoms with Crippen molar-refractivity contribution in [2.45, 2.75) is 13.0 Å². The van der Waals surface area contributed by atoms with E-state index in [1.807, 2.05) is 0 Å². The van der Waals surface area contributed by atoms with Crippen LogP contribution in [0, 0.1) is 0 Å². The van der Waals surface area contributed by atoms with Crippen LogP contribution in [0.15, 0.2) is 42.5 Å². The Bertz CT molecular complexity index is 548. The third-order valence-corrected chi connectivity index (χ3v) is 2.82. The van der Waals surface area contributed by atoms with E-state index in [2.05, 4.69) is 0 Å². The van der Waals surface area contributed by atoms with Crippen LogP contribution in [-0.4, -0.2) is 17.8 Å². The monoisotopic (exact) mass is 312 g/mol. The van der Waals surface area contributed by atoms with Crippen molar-refractivity contribution in [1.29, 1.82) is 0 Å². The summed E-state index contributed by atoms with van der Waals surface area (Å²) >= 11 is 11.8. The first kappa shape index (κ1) is 15.0. The van der Waals surface area contributed by atoms with Gasteiger partial charge in [0.25, 0.3) is 0 Å². The highest BCUT2D eigenvalue weighted by Gasteiger charge is 2.03. The SMILES string of the molecule is CC(O)COc1ccc(Oc2cc(Cl)cc(Cl)c2)cc1. The average Bonchev–Trinajstić information content (AvgIpc) is 2.36. The van der Waals surface area contributed by atoms with Crippen molar-refractivity contribution in [1.82, 2.24) is 0 Å². The molecule has 0 aliphatic carbocycles.